The largest absolute Gasteiger partial charge is 0.492 e. The molecule has 2 rings (SSSR count). The zero-order valence-corrected chi connectivity index (χ0v) is 14.6. The maximum atomic E-state index is 11.0. The first-order valence-electron chi connectivity index (χ1n) is 7.35. The van der Waals surface area contributed by atoms with Gasteiger partial charge in [-0.05, 0) is 24.3 Å². The molecule has 0 saturated heterocycles. The second-order valence-electron chi connectivity index (χ2n) is 5.01. The minimum absolute atomic E-state index is 0.160. The van der Waals surface area contributed by atoms with Crippen molar-refractivity contribution in [1.82, 2.24) is 10.4 Å². The summed E-state index contributed by atoms with van der Waals surface area (Å²) >= 11 is 7.43. The lowest BCUT2D eigenvalue weighted by Gasteiger charge is -2.19. The first-order valence-corrected chi connectivity index (χ1v) is 8.78. The molecule has 9 heteroatoms. The number of aliphatic hydroxyl groups is 1. The second-order valence-corrected chi connectivity index (χ2v) is 6.22. The van der Waals surface area contributed by atoms with Crippen molar-refractivity contribution in [1.29, 1.82) is 0 Å². The lowest BCUT2D eigenvalue weighted by molar-refractivity contribution is -0.134. The van der Waals surface area contributed by atoms with Crippen molar-refractivity contribution in [3.8, 4) is 5.75 Å². The number of thioether (sulfide) groups is 1. The molecule has 1 unspecified atom stereocenters. The van der Waals surface area contributed by atoms with Gasteiger partial charge in [0.15, 0.2) is 0 Å². The molecule has 1 aromatic rings. The highest BCUT2D eigenvalue weighted by atomic mass is 35.5. The standard InChI is InChI=1S/C15H20ClN3O4S/c16-14-9-24-10-19(14)23-8-12(20)7-18-5-6-22-13-3-1-11(2-4-13)15(17)21/h1-4,9,12,18,20H,5-8,10H2,(H2,17,21). The van der Waals surface area contributed by atoms with E-state index >= 15 is 0 Å². The number of primary amides is 1. The molecule has 0 radical (unpaired) electrons. The molecule has 1 atom stereocenters. The van der Waals surface area contributed by atoms with Crippen LogP contribution in [0, 0.1) is 0 Å². The number of nitrogens with two attached hydrogens (primary N) is 1. The Morgan fingerprint density at radius 1 is 1.46 bits per heavy atom. The first-order chi connectivity index (χ1) is 11.6. The molecular weight excluding hydrogens is 354 g/mol. The van der Waals surface area contributed by atoms with Gasteiger partial charge in [0.05, 0.1) is 12.0 Å². The van der Waals surface area contributed by atoms with E-state index in [4.69, 9.17) is 26.9 Å². The van der Waals surface area contributed by atoms with Gasteiger partial charge in [0.1, 0.15) is 24.1 Å². The maximum absolute atomic E-state index is 11.0. The van der Waals surface area contributed by atoms with E-state index < -0.39 is 12.0 Å². The number of hydrogen-bond acceptors (Lipinski definition) is 7. The van der Waals surface area contributed by atoms with Gasteiger partial charge in [-0.1, -0.05) is 11.6 Å². The van der Waals surface area contributed by atoms with E-state index in [0.717, 1.165) is 0 Å². The molecule has 1 aliphatic rings. The van der Waals surface area contributed by atoms with E-state index in [-0.39, 0.29) is 6.61 Å². The van der Waals surface area contributed by atoms with E-state index in [1.807, 2.05) is 0 Å². The number of ether oxygens (including phenoxy) is 1. The average molecular weight is 374 g/mol. The Bertz CT molecular complexity index is 570. The normalized spacial score (nSPS) is 15.2. The number of aliphatic hydroxyl groups excluding tert-OH is 1. The van der Waals surface area contributed by atoms with Crippen molar-refractivity contribution in [2.75, 3.05) is 32.2 Å². The van der Waals surface area contributed by atoms with Crippen molar-refractivity contribution in [2.24, 2.45) is 5.73 Å². The Morgan fingerprint density at radius 2 is 2.21 bits per heavy atom. The third-order valence-electron chi connectivity index (χ3n) is 3.10. The fraction of sp³-hybridized carbons (Fsp3) is 0.400. The van der Waals surface area contributed by atoms with E-state index in [9.17, 15) is 9.90 Å². The number of nitrogens with zero attached hydrogens (tertiary/aromatic N) is 1. The first kappa shape index (κ1) is 18.9. The van der Waals surface area contributed by atoms with Gasteiger partial charge in [-0.25, -0.2) is 5.06 Å². The second kappa shape index (κ2) is 9.75. The van der Waals surface area contributed by atoms with Crippen LogP contribution in [0.2, 0.25) is 0 Å². The Hall–Kier alpha value is -1.45. The molecule has 0 aliphatic carbocycles. The summed E-state index contributed by atoms with van der Waals surface area (Å²) in [5.41, 5.74) is 5.61. The molecule has 24 heavy (non-hydrogen) atoms. The van der Waals surface area contributed by atoms with Crippen molar-refractivity contribution in [2.45, 2.75) is 6.10 Å². The summed E-state index contributed by atoms with van der Waals surface area (Å²) in [6, 6.07) is 6.60. The third kappa shape index (κ3) is 6.21. The van der Waals surface area contributed by atoms with E-state index in [1.165, 1.54) is 16.8 Å². The number of benzene rings is 1. The molecule has 1 aromatic carbocycles. The van der Waals surface area contributed by atoms with Gasteiger partial charge in [-0.15, -0.1) is 11.8 Å². The summed E-state index contributed by atoms with van der Waals surface area (Å²) < 4.78 is 5.51. The van der Waals surface area contributed by atoms with Crippen LogP contribution in [-0.4, -0.2) is 54.4 Å². The molecule has 0 saturated carbocycles. The molecule has 1 aliphatic heterocycles. The number of rotatable bonds is 10. The summed E-state index contributed by atoms with van der Waals surface area (Å²) in [6.45, 7) is 1.54. The molecule has 132 valence electrons. The summed E-state index contributed by atoms with van der Waals surface area (Å²) in [4.78, 5) is 16.3. The number of nitrogens with one attached hydrogen (secondary N) is 1. The number of hydroxylamine groups is 2. The number of carbonyl (C=O) groups is 1. The minimum Gasteiger partial charge on any atom is -0.492 e. The van der Waals surface area contributed by atoms with Crippen LogP contribution < -0.4 is 15.8 Å². The number of hydrogen-bond donors (Lipinski definition) is 3. The third-order valence-corrected chi connectivity index (χ3v) is 4.30. The predicted molar refractivity (Wildman–Crippen MR) is 93.5 cm³/mol. The minimum atomic E-state index is -0.644. The van der Waals surface area contributed by atoms with Crippen LogP contribution >= 0.6 is 23.4 Å². The number of amides is 1. The number of halogens is 1. The Balaban J connectivity index is 1.54. The van der Waals surface area contributed by atoms with E-state index in [2.05, 4.69) is 5.32 Å². The number of carbonyl (C=O) groups excluding carboxylic acids is 1. The van der Waals surface area contributed by atoms with Crippen molar-refractivity contribution in [3.05, 3.63) is 40.4 Å². The molecule has 0 aromatic heterocycles. The maximum Gasteiger partial charge on any atom is 0.248 e. The summed E-state index contributed by atoms with van der Waals surface area (Å²) in [6.07, 6.45) is -0.644. The van der Waals surface area contributed by atoms with Gasteiger partial charge in [0, 0.05) is 24.1 Å². The van der Waals surface area contributed by atoms with Crippen LogP contribution in [0.4, 0.5) is 0 Å². The fourth-order valence-electron chi connectivity index (χ4n) is 1.85. The smallest absolute Gasteiger partial charge is 0.248 e. The highest BCUT2D eigenvalue weighted by Crippen LogP contribution is 2.25. The monoisotopic (exact) mass is 373 g/mol. The molecular formula is C15H20ClN3O4S. The van der Waals surface area contributed by atoms with Crippen LogP contribution in [0.5, 0.6) is 5.75 Å². The summed E-state index contributed by atoms with van der Waals surface area (Å²) in [5.74, 6) is 0.809. The Kier molecular flexibility index (Phi) is 7.67. The van der Waals surface area contributed by atoms with Gasteiger partial charge in [0.2, 0.25) is 5.91 Å². The molecule has 0 bridgehead atoms. The summed E-state index contributed by atoms with van der Waals surface area (Å²) in [5, 5.41) is 16.7. The molecule has 0 spiro atoms. The zero-order valence-electron chi connectivity index (χ0n) is 13.0. The topological polar surface area (TPSA) is 97.1 Å². The van der Waals surface area contributed by atoms with Gasteiger partial charge < -0.3 is 20.9 Å². The quantitative estimate of drug-likeness (QED) is 0.417. The predicted octanol–water partition coefficient (Wildman–Crippen LogP) is 1.09. The van der Waals surface area contributed by atoms with Crippen molar-refractivity contribution in [3.63, 3.8) is 0 Å². The van der Waals surface area contributed by atoms with Crippen molar-refractivity contribution < 1.29 is 19.5 Å². The fourth-order valence-corrected chi connectivity index (χ4v) is 2.90. The molecule has 1 amide bonds. The molecule has 0 fully saturated rings. The summed E-state index contributed by atoms with van der Waals surface area (Å²) in [7, 11) is 0. The van der Waals surface area contributed by atoms with Gasteiger partial charge >= 0.3 is 0 Å². The van der Waals surface area contributed by atoms with E-state index in [1.54, 1.807) is 29.7 Å². The zero-order chi connectivity index (χ0) is 17.4. The molecule has 1 heterocycles. The van der Waals surface area contributed by atoms with Crippen LogP contribution in [0.3, 0.4) is 0 Å². The van der Waals surface area contributed by atoms with Gasteiger partial charge in [0.25, 0.3) is 0 Å². The lowest BCUT2D eigenvalue weighted by Crippen LogP contribution is -2.34. The van der Waals surface area contributed by atoms with Crippen LogP contribution in [0.1, 0.15) is 10.4 Å². The highest BCUT2D eigenvalue weighted by molar-refractivity contribution is 8.02. The lowest BCUT2D eigenvalue weighted by atomic mass is 10.2. The molecule has 7 nitrogen and oxygen atoms in total. The van der Waals surface area contributed by atoms with Crippen LogP contribution in [0.15, 0.2) is 34.8 Å². The molecule has 4 N–H and O–H groups in total. The van der Waals surface area contributed by atoms with Gasteiger partial charge in [-0.2, -0.15) is 0 Å². The Morgan fingerprint density at radius 3 is 2.83 bits per heavy atom. The van der Waals surface area contributed by atoms with Gasteiger partial charge in [-0.3, -0.25) is 9.63 Å². The Labute approximate surface area is 149 Å². The van der Waals surface area contributed by atoms with Crippen molar-refractivity contribution >= 4 is 29.3 Å². The van der Waals surface area contributed by atoms with Crippen LogP contribution in [-0.2, 0) is 4.84 Å². The average Bonchev–Trinajstić information content (AvgIpc) is 2.98. The van der Waals surface area contributed by atoms with E-state index in [0.29, 0.717) is 42.0 Å². The highest BCUT2D eigenvalue weighted by Gasteiger charge is 2.15. The SMILES string of the molecule is NC(=O)c1ccc(OCCNCC(O)CON2CSC=C2Cl)cc1. The van der Waals surface area contributed by atoms with Crippen LogP contribution in [0.25, 0.3) is 0 Å².